The number of carbonyl (C=O) groups is 1. The second-order valence-electron chi connectivity index (χ2n) is 9.73. The SMILES string of the molecule is Cc1cc([C@H]2[C@H](c3ccccn3)NC(=S)N2c2ccc(C(C)C)cc2)c(C)n1-c1ccccc1C(=O)O. The van der Waals surface area contributed by atoms with Crippen LogP contribution in [0, 0.1) is 13.8 Å². The molecule has 0 radical (unpaired) electrons. The summed E-state index contributed by atoms with van der Waals surface area (Å²) in [5.41, 5.74) is 7.05. The van der Waals surface area contributed by atoms with Gasteiger partial charge in [-0.3, -0.25) is 4.98 Å². The fourth-order valence-corrected chi connectivity index (χ4v) is 5.62. The van der Waals surface area contributed by atoms with Gasteiger partial charge in [-0.25, -0.2) is 4.79 Å². The molecule has 0 aliphatic carbocycles. The molecule has 0 saturated carbocycles. The molecule has 3 heterocycles. The van der Waals surface area contributed by atoms with Crippen molar-refractivity contribution < 1.29 is 9.90 Å². The van der Waals surface area contributed by atoms with Gasteiger partial charge in [0.05, 0.1) is 29.0 Å². The number of anilines is 1. The molecule has 188 valence electrons. The molecular weight excluding hydrogens is 480 g/mol. The summed E-state index contributed by atoms with van der Waals surface area (Å²) in [5, 5.41) is 14.0. The minimum Gasteiger partial charge on any atom is -0.478 e. The molecule has 4 aromatic rings. The third-order valence-electron chi connectivity index (χ3n) is 7.10. The number of aromatic carboxylic acids is 1. The van der Waals surface area contributed by atoms with Gasteiger partial charge in [-0.1, -0.05) is 44.2 Å². The van der Waals surface area contributed by atoms with E-state index in [1.807, 2.05) is 48.7 Å². The maximum Gasteiger partial charge on any atom is 0.337 e. The molecule has 1 aliphatic heterocycles. The van der Waals surface area contributed by atoms with Gasteiger partial charge in [0, 0.05) is 23.3 Å². The Balaban J connectivity index is 1.68. The summed E-state index contributed by atoms with van der Waals surface area (Å²) in [7, 11) is 0. The van der Waals surface area contributed by atoms with E-state index in [2.05, 4.69) is 59.4 Å². The number of aromatic nitrogens is 2. The number of hydrogen-bond acceptors (Lipinski definition) is 3. The highest BCUT2D eigenvalue weighted by Gasteiger charge is 2.42. The van der Waals surface area contributed by atoms with Gasteiger partial charge < -0.3 is 19.9 Å². The Morgan fingerprint density at radius 3 is 2.38 bits per heavy atom. The number of hydrogen-bond donors (Lipinski definition) is 2. The van der Waals surface area contributed by atoms with Crippen molar-refractivity contribution in [3.8, 4) is 5.69 Å². The Hall–Kier alpha value is -3.97. The molecule has 37 heavy (non-hydrogen) atoms. The topological polar surface area (TPSA) is 70.4 Å². The van der Waals surface area contributed by atoms with Crippen LogP contribution in [0.2, 0.25) is 0 Å². The number of rotatable bonds is 6. The van der Waals surface area contributed by atoms with Gasteiger partial charge in [-0.05, 0) is 85.6 Å². The Kier molecular flexibility index (Phi) is 6.56. The van der Waals surface area contributed by atoms with Crippen LogP contribution < -0.4 is 10.2 Å². The zero-order chi connectivity index (χ0) is 26.3. The van der Waals surface area contributed by atoms with Crippen molar-refractivity contribution in [1.82, 2.24) is 14.9 Å². The van der Waals surface area contributed by atoms with E-state index >= 15 is 0 Å². The molecule has 0 unspecified atom stereocenters. The highest BCUT2D eigenvalue weighted by molar-refractivity contribution is 7.80. The number of carboxylic acids is 1. The molecule has 7 heteroatoms. The fourth-order valence-electron chi connectivity index (χ4n) is 5.28. The smallest absolute Gasteiger partial charge is 0.337 e. The molecule has 0 spiro atoms. The first-order valence-electron chi connectivity index (χ1n) is 12.4. The Morgan fingerprint density at radius 2 is 1.73 bits per heavy atom. The van der Waals surface area contributed by atoms with Crippen molar-refractivity contribution in [3.63, 3.8) is 0 Å². The van der Waals surface area contributed by atoms with Crippen molar-refractivity contribution in [2.24, 2.45) is 0 Å². The monoisotopic (exact) mass is 510 g/mol. The van der Waals surface area contributed by atoms with Crippen LogP contribution in [0.15, 0.2) is 79.0 Å². The van der Waals surface area contributed by atoms with Gasteiger partial charge in [-0.15, -0.1) is 0 Å². The molecule has 2 atom stereocenters. The third-order valence-corrected chi connectivity index (χ3v) is 7.41. The summed E-state index contributed by atoms with van der Waals surface area (Å²) in [6, 6.07) is 23.3. The number of nitrogens with zero attached hydrogens (tertiary/aromatic N) is 3. The first-order valence-corrected chi connectivity index (χ1v) is 12.8. The number of benzene rings is 2. The third kappa shape index (κ3) is 4.40. The minimum atomic E-state index is -0.952. The maximum absolute atomic E-state index is 12.0. The molecule has 2 aromatic heterocycles. The Bertz CT molecular complexity index is 1460. The quantitative estimate of drug-likeness (QED) is 0.289. The Labute approximate surface area is 222 Å². The van der Waals surface area contributed by atoms with E-state index < -0.39 is 5.97 Å². The van der Waals surface area contributed by atoms with Gasteiger partial charge in [-0.2, -0.15) is 0 Å². The molecule has 1 aliphatic rings. The van der Waals surface area contributed by atoms with E-state index in [-0.39, 0.29) is 17.6 Å². The van der Waals surface area contributed by atoms with Crippen molar-refractivity contribution >= 4 is 29.0 Å². The number of carboxylic acid groups (broad SMARTS) is 1. The van der Waals surface area contributed by atoms with Crippen LogP contribution in [0.3, 0.4) is 0 Å². The van der Waals surface area contributed by atoms with E-state index in [0.29, 0.717) is 16.7 Å². The fraction of sp³-hybridized carbons (Fsp3) is 0.233. The standard InChI is InChI=1S/C30H30N4O2S/c1-18(2)21-12-14-22(15-13-21)34-28(27(32-30(34)37)25-10-7-8-16-31-25)24-17-19(3)33(20(24)4)26-11-6-5-9-23(26)29(35)36/h5-18,27-28H,1-4H3,(H,32,37)(H,35,36)/t27-,28-/m0/s1. The van der Waals surface area contributed by atoms with Crippen LogP contribution in [-0.4, -0.2) is 25.7 Å². The van der Waals surface area contributed by atoms with Gasteiger partial charge in [0.2, 0.25) is 0 Å². The molecule has 2 N–H and O–H groups in total. The second kappa shape index (κ2) is 9.82. The van der Waals surface area contributed by atoms with Crippen LogP contribution in [0.4, 0.5) is 5.69 Å². The maximum atomic E-state index is 12.0. The minimum absolute atomic E-state index is 0.177. The van der Waals surface area contributed by atoms with Crippen molar-refractivity contribution in [2.75, 3.05) is 4.90 Å². The average molecular weight is 511 g/mol. The van der Waals surface area contributed by atoms with Crippen LogP contribution in [0.1, 0.15) is 70.4 Å². The summed E-state index contributed by atoms with van der Waals surface area (Å²) in [6.45, 7) is 8.41. The molecular formula is C30H30N4O2S. The molecule has 1 saturated heterocycles. The van der Waals surface area contributed by atoms with Crippen molar-refractivity contribution in [1.29, 1.82) is 0 Å². The first-order chi connectivity index (χ1) is 17.8. The molecule has 6 nitrogen and oxygen atoms in total. The van der Waals surface area contributed by atoms with Crippen LogP contribution >= 0.6 is 12.2 Å². The summed E-state index contributed by atoms with van der Waals surface area (Å²) < 4.78 is 2.02. The number of thiocarbonyl (C=S) groups is 1. The molecule has 0 bridgehead atoms. The number of aryl methyl sites for hydroxylation is 1. The van der Waals surface area contributed by atoms with Gasteiger partial charge in [0.1, 0.15) is 0 Å². The average Bonchev–Trinajstić information content (AvgIpc) is 3.39. The van der Waals surface area contributed by atoms with E-state index in [1.54, 1.807) is 18.3 Å². The van der Waals surface area contributed by atoms with Gasteiger partial charge in [0.25, 0.3) is 0 Å². The Morgan fingerprint density at radius 1 is 1.03 bits per heavy atom. The summed E-state index contributed by atoms with van der Waals surface area (Å²) in [5.74, 6) is -0.519. The number of pyridine rings is 1. The van der Waals surface area contributed by atoms with E-state index in [1.165, 1.54) is 5.56 Å². The van der Waals surface area contributed by atoms with Crippen molar-refractivity contribution in [2.45, 2.75) is 45.7 Å². The lowest BCUT2D eigenvalue weighted by atomic mass is 9.96. The predicted octanol–water partition coefficient (Wildman–Crippen LogP) is 6.49. The lowest BCUT2D eigenvalue weighted by molar-refractivity contribution is 0.0697. The van der Waals surface area contributed by atoms with Crippen LogP contribution in [0.25, 0.3) is 5.69 Å². The number of nitrogens with one attached hydrogen (secondary N) is 1. The lowest BCUT2D eigenvalue weighted by Crippen LogP contribution is -2.29. The first kappa shape index (κ1) is 24.7. The van der Waals surface area contributed by atoms with Crippen LogP contribution in [-0.2, 0) is 0 Å². The highest BCUT2D eigenvalue weighted by atomic mass is 32.1. The second-order valence-corrected chi connectivity index (χ2v) is 10.1. The summed E-state index contributed by atoms with van der Waals surface area (Å²) >= 11 is 5.89. The van der Waals surface area contributed by atoms with Crippen LogP contribution in [0.5, 0.6) is 0 Å². The molecule has 1 fully saturated rings. The highest BCUT2D eigenvalue weighted by Crippen LogP contribution is 2.44. The van der Waals surface area contributed by atoms with Crippen molar-refractivity contribution in [3.05, 3.63) is 113 Å². The normalized spacial score (nSPS) is 17.3. The lowest BCUT2D eigenvalue weighted by Gasteiger charge is -2.28. The molecule has 0 amide bonds. The van der Waals surface area contributed by atoms with E-state index in [0.717, 1.165) is 28.3 Å². The summed E-state index contributed by atoms with van der Waals surface area (Å²) in [4.78, 5) is 18.8. The summed E-state index contributed by atoms with van der Waals surface area (Å²) in [6.07, 6.45) is 1.80. The van der Waals surface area contributed by atoms with Gasteiger partial charge >= 0.3 is 5.97 Å². The zero-order valence-corrected chi connectivity index (χ0v) is 22.2. The van der Waals surface area contributed by atoms with E-state index in [9.17, 15) is 9.90 Å². The molecule has 5 rings (SSSR count). The largest absolute Gasteiger partial charge is 0.478 e. The zero-order valence-electron chi connectivity index (χ0n) is 21.3. The number of para-hydroxylation sites is 1. The predicted molar refractivity (Wildman–Crippen MR) is 151 cm³/mol. The van der Waals surface area contributed by atoms with Gasteiger partial charge in [0.15, 0.2) is 5.11 Å². The van der Waals surface area contributed by atoms with E-state index in [4.69, 9.17) is 12.2 Å². The molecule has 2 aromatic carbocycles.